The summed E-state index contributed by atoms with van der Waals surface area (Å²) in [6.07, 6.45) is 2.96. The van der Waals surface area contributed by atoms with E-state index in [0.717, 1.165) is 0 Å². The van der Waals surface area contributed by atoms with E-state index in [1.807, 2.05) is 6.07 Å². The Bertz CT molecular complexity index is 155. The smallest absolute Gasteiger partial charge is 0.0490 e. The topological polar surface area (TPSA) is 28.7 Å². The van der Waals surface area contributed by atoms with E-state index in [4.69, 9.17) is 0 Å². The first-order chi connectivity index (χ1) is 4.34. The summed E-state index contributed by atoms with van der Waals surface area (Å²) in [5.41, 5.74) is 1.23. The number of hydrogen-bond acceptors (Lipinski definition) is 1. The molecule has 1 aromatic heterocycles. The second-order valence-electron chi connectivity index (χ2n) is 2.32. The summed E-state index contributed by atoms with van der Waals surface area (Å²) < 4.78 is 0. The highest BCUT2D eigenvalue weighted by atomic mass is 15.1. The maximum absolute atomic E-state index is 3.87. The van der Waals surface area contributed by atoms with Crippen LogP contribution in [0, 0.1) is 0 Å². The molecule has 0 fully saturated rings. The van der Waals surface area contributed by atoms with Crippen LogP contribution < -0.4 is 0 Å². The molecule has 0 saturated heterocycles. The first kappa shape index (κ1) is 6.33. The van der Waals surface area contributed by atoms with Crippen molar-refractivity contribution in [2.24, 2.45) is 0 Å². The lowest BCUT2D eigenvalue weighted by Gasteiger charge is -2.02. The summed E-state index contributed by atoms with van der Waals surface area (Å²) in [6.45, 7) is 4.36. The monoisotopic (exact) mass is 124 g/mol. The third kappa shape index (κ3) is 1.31. The summed E-state index contributed by atoms with van der Waals surface area (Å²) in [4.78, 5) is 0. The maximum atomic E-state index is 3.87. The Kier molecular flexibility index (Phi) is 1.88. The average molecular weight is 124 g/mol. The van der Waals surface area contributed by atoms with E-state index >= 15 is 0 Å². The van der Waals surface area contributed by atoms with Crippen molar-refractivity contribution in [1.82, 2.24) is 10.2 Å². The zero-order chi connectivity index (χ0) is 6.69. The van der Waals surface area contributed by atoms with E-state index in [2.05, 4.69) is 24.0 Å². The Hall–Kier alpha value is -0.790. The van der Waals surface area contributed by atoms with Gasteiger partial charge < -0.3 is 0 Å². The molecular formula is C7H12N2. The largest absolute Gasteiger partial charge is 0.282 e. The molecule has 9 heavy (non-hydrogen) atoms. The molecular weight excluding hydrogens is 112 g/mol. The van der Waals surface area contributed by atoms with Crippen molar-refractivity contribution >= 4 is 0 Å². The van der Waals surface area contributed by atoms with E-state index < -0.39 is 0 Å². The van der Waals surface area contributed by atoms with Crippen LogP contribution in [0.4, 0.5) is 0 Å². The van der Waals surface area contributed by atoms with Crippen LogP contribution in [0.5, 0.6) is 0 Å². The van der Waals surface area contributed by atoms with E-state index in [-0.39, 0.29) is 0 Å². The lowest BCUT2D eigenvalue weighted by Crippen LogP contribution is -1.90. The van der Waals surface area contributed by atoms with Crippen molar-refractivity contribution in [3.8, 4) is 0 Å². The molecule has 0 radical (unpaired) electrons. The van der Waals surface area contributed by atoms with Gasteiger partial charge in [0.1, 0.15) is 0 Å². The van der Waals surface area contributed by atoms with Crippen molar-refractivity contribution in [2.75, 3.05) is 0 Å². The number of aromatic amines is 1. The molecule has 0 aliphatic carbocycles. The van der Waals surface area contributed by atoms with E-state index in [1.165, 1.54) is 12.1 Å². The van der Waals surface area contributed by atoms with Gasteiger partial charge in [-0.15, -0.1) is 0 Å². The molecule has 0 unspecified atom stereocenters. The molecule has 50 valence electrons. The van der Waals surface area contributed by atoms with Crippen LogP contribution in [0.1, 0.15) is 31.9 Å². The highest BCUT2D eigenvalue weighted by Crippen LogP contribution is 2.13. The minimum absolute atomic E-state index is 0.618. The molecule has 0 amide bonds. The number of hydrogen-bond donors (Lipinski definition) is 1. The van der Waals surface area contributed by atoms with Gasteiger partial charge in [0.2, 0.25) is 0 Å². The van der Waals surface area contributed by atoms with Crippen molar-refractivity contribution in [2.45, 2.75) is 26.2 Å². The molecule has 0 bridgehead atoms. The standard InChI is InChI=1S/C7H12N2/c1-3-6(2)7-4-5-8-9-7/h4-6H,3H2,1-2H3,(H,8,9)/t6-/m0/s1. The first-order valence-corrected chi connectivity index (χ1v) is 3.34. The highest BCUT2D eigenvalue weighted by Gasteiger charge is 2.01. The van der Waals surface area contributed by atoms with Crippen molar-refractivity contribution in [3.63, 3.8) is 0 Å². The van der Waals surface area contributed by atoms with Gasteiger partial charge in [-0.2, -0.15) is 5.10 Å². The SMILES string of the molecule is CC[C@H](C)c1ccn[nH]1. The van der Waals surface area contributed by atoms with Gasteiger partial charge in [0.25, 0.3) is 0 Å². The van der Waals surface area contributed by atoms with Gasteiger partial charge in [-0.05, 0) is 18.4 Å². The molecule has 0 aliphatic heterocycles. The Morgan fingerprint density at radius 2 is 2.56 bits per heavy atom. The van der Waals surface area contributed by atoms with Gasteiger partial charge in [0.15, 0.2) is 0 Å². The van der Waals surface area contributed by atoms with Gasteiger partial charge in [0, 0.05) is 11.9 Å². The summed E-state index contributed by atoms with van der Waals surface area (Å²) >= 11 is 0. The van der Waals surface area contributed by atoms with Crippen LogP contribution in [0.25, 0.3) is 0 Å². The summed E-state index contributed by atoms with van der Waals surface area (Å²) in [7, 11) is 0. The minimum Gasteiger partial charge on any atom is -0.282 e. The van der Waals surface area contributed by atoms with E-state index in [0.29, 0.717) is 5.92 Å². The minimum atomic E-state index is 0.618. The van der Waals surface area contributed by atoms with E-state index in [1.54, 1.807) is 6.20 Å². The Balaban J connectivity index is 2.65. The van der Waals surface area contributed by atoms with Crippen LogP contribution in [0.3, 0.4) is 0 Å². The van der Waals surface area contributed by atoms with Crippen LogP contribution in [0.15, 0.2) is 12.3 Å². The molecule has 2 heteroatoms. The zero-order valence-corrected chi connectivity index (χ0v) is 5.89. The fourth-order valence-corrected chi connectivity index (χ4v) is 0.761. The van der Waals surface area contributed by atoms with Gasteiger partial charge in [-0.1, -0.05) is 13.8 Å². The van der Waals surface area contributed by atoms with Crippen LogP contribution in [-0.4, -0.2) is 10.2 Å². The molecule has 1 N–H and O–H groups in total. The van der Waals surface area contributed by atoms with Crippen LogP contribution >= 0.6 is 0 Å². The van der Waals surface area contributed by atoms with Crippen molar-refractivity contribution < 1.29 is 0 Å². The summed E-state index contributed by atoms with van der Waals surface area (Å²) in [5, 5.41) is 6.80. The summed E-state index contributed by atoms with van der Waals surface area (Å²) in [6, 6.07) is 2.02. The maximum Gasteiger partial charge on any atom is 0.0490 e. The van der Waals surface area contributed by atoms with Gasteiger partial charge in [-0.3, -0.25) is 5.10 Å². The third-order valence-corrected chi connectivity index (χ3v) is 1.67. The predicted octanol–water partition coefficient (Wildman–Crippen LogP) is 1.92. The fourth-order valence-electron chi connectivity index (χ4n) is 0.761. The lowest BCUT2D eigenvalue weighted by molar-refractivity contribution is 0.703. The second-order valence-corrected chi connectivity index (χ2v) is 2.32. The normalized spacial score (nSPS) is 13.6. The Morgan fingerprint density at radius 1 is 1.78 bits per heavy atom. The van der Waals surface area contributed by atoms with Gasteiger partial charge >= 0.3 is 0 Å². The second kappa shape index (κ2) is 2.67. The molecule has 1 atom stereocenters. The molecule has 0 aromatic carbocycles. The fraction of sp³-hybridized carbons (Fsp3) is 0.571. The molecule has 2 nitrogen and oxygen atoms in total. The first-order valence-electron chi connectivity index (χ1n) is 3.34. The number of aromatic nitrogens is 2. The van der Waals surface area contributed by atoms with Crippen molar-refractivity contribution in [1.29, 1.82) is 0 Å². The predicted molar refractivity (Wildman–Crippen MR) is 37.3 cm³/mol. The Labute approximate surface area is 55.3 Å². The van der Waals surface area contributed by atoms with E-state index in [9.17, 15) is 0 Å². The molecule has 0 spiro atoms. The van der Waals surface area contributed by atoms with Crippen LogP contribution in [0.2, 0.25) is 0 Å². The molecule has 1 heterocycles. The lowest BCUT2D eigenvalue weighted by atomic mass is 10.1. The Morgan fingerprint density at radius 3 is 3.00 bits per heavy atom. The average Bonchev–Trinajstić information content (AvgIpc) is 2.37. The number of rotatable bonds is 2. The molecule has 0 aliphatic rings. The molecule has 1 rings (SSSR count). The van der Waals surface area contributed by atoms with Gasteiger partial charge in [0.05, 0.1) is 0 Å². The number of H-pyrrole nitrogens is 1. The highest BCUT2D eigenvalue weighted by molar-refractivity contribution is 5.03. The zero-order valence-electron chi connectivity index (χ0n) is 5.89. The summed E-state index contributed by atoms with van der Waals surface area (Å²) in [5.74, 6) is 0.618. The molecule has 0 saturated carbocycles. The number of nitrogens with one attached hydrogen (secondary N) is 1. The van der Waals surface area contributed by atoms with Crippen molar-refractivity contribution in [3.05, 3.63) is 18.0 Å². The van der Waals surface area contributed by atoms with Gasteiger partial charge in [-0.25, -0.2) is 0 Å². The quantitative estimate of drug-likeness (QED) is 0.641. The third-order valence-electron chi connectivity index (χ3n) is 1.67. The van der Waals surface area contributed by atoms with Crippen LogP contribution in [-0.2, 0) is 0 Å². The molecule has 1 aromatic rings. The number of nitrogens with zero attached hydrogens (tertiary/aromatic N) is 1.